The van der Waals surface area contributed by atoms with Crippen LogP contribution in [0.3, 0.4) is 0 Å². The number of hydrogen-bond acceptors (Lipinski definition) is 3. The Kier molecular flexibility index (Phi) is 3.49. The molecule has 1 fully saturated rings. The van der Waals surface area contributed by atoms with E-state index >= 15 is 0 Å². The molecule has 15 heavy (non-hydrogen) atoms. The second-order valence-electron chi connectivity index (χ2n) is 4.13. The lowest BCUT2D eigenvalue weighted by Gasteiger charge is -2.07. The monoisotopic (exact) mass is 273 g/mol. The second kappa shape index (κ2) is 4.68. The largest absolute Gasteiger partial charge is 0.463 e. The van der Waals surface area contributed by atoms with Gasteiger partial charge in [0.15, 0.2) is 0 Å². The van der Waals surface area contributed by atoms with Crippen molar-refractivity contribution >= 4 is 15.9 Å². The predicted molar refractivity (Wildman–Crippen MR) is 61.6 cm³/mol. The van der Waals surface area contributed by atoms with Crippen molar-refractivity contribution < 1.29 is 9.52 Å². The number of aliphatic hydroxyl groups is 1. The van der Waals surface area contributed by atoms with Crippen molar-refractivity contribution in [3.8, 4) is 0 Å². The van der Waals surface area contributed by atoms with E-state index in [-0.39, 0.29) is 6.61 Å². The summed E-state index contributed by atoms with van der Waals surface area (Å²) in [7, 11) is 0. The van der Waals surface area contributed by atoms with Gasteiger partial charge in [-0.15, -0.1) is 0 Å². The Bertz CT molecular complexity index is 331. The minimum atomic E-state index is -0.406. The first-order valence-corrected chi connectivity index (χ1v) is 6.17. The van der Waals surface area contributed by atoms with Gasteiger partial charge in [0.1, 0.15) is 11.5 Å². The van der Waals surface area contributed by atoms with Crippen LogP contribution in [0.2, 0.25) is 0 Å². The maximum atomic E-state index is 8.95. The molecule has 0 aliphatic heterocycles. The molecule has 0 saturated heterocycles. The van der Waals surface area contributed by atoms with Gasteiger partial charge in [0.2, 0.25) is 0 Å². The fraction of sp³-hybridized carbons (Fsp3) is 0.636. The van der Waals surface area contributed by atoms with Crippen molar-refractivity contribution in [2.24, 2.45) is 5.73 Å². The molecule has 0 amide bonds. The average Bonchev–Trinajstić information content (AvgIpc) is 2.84. The SMILES string of the molecule is NC(CO)c1cc(Br)c(C2CCCC2)o1. The zero-order chi connectivity index (χ0) is 10.8. The van der Waals surface area contributed by atoms with Gasteiger partial charge in [-0.3, -0.25) is 0 Å². The van der Waals surface area contributed by atoms with Crippen LogP contribution in [0.1, 0.15) is 49.2 Å². The highest BCUT2D eigenvalue weighted by Crippen LogP contribution is 2.39. The van der Waals surface area contributed by atoms with Crippen molar-refractivity contribution in [2.45, 2.75) is 37.6 Å². The predicted octanol–water partition coefficient (Wildman–Crippen LogP) is 2.69. The molecule has 1 saturated carbocycles. The van der Waals surface area contributed by atoms with Crippen LogP contribution in [-0.2, 0) is 0 Å². The molecule has 2 rings (SSSR count). The molecule has 0 spiro atoms. The van der Waals surface area contributed by atoms with E-state index in [4.69, 9.17) is 15.3 Å². The molecule has 1 aromatic rings. The molecule has 1 atom stereocenters. The number of aliphatic hydroxyl groups excluding tert-OH is 1. The van der Waals surface area contributed by atoms with Crippen LogP contribution >= 0.6 is 15.9 Å². The van der Waals surface area contributed by atoms with Gasteiger partial charge in [-0.2, -0.15) is 0 Å². The highest BCUT2D eigenvalue weighted by Gasteiger charge is 2.24. The highest BCUT2D eigenvalue weighted by atomic mass is 79.9. The average molecular weight is 274 g/mol. The minimum absolute atomic E-state index is 0.0793. The van der Waals surface area contributed by atoms with Crippen molar-refractivity contribution in [2.75, 3.05) is 6.61 Å². The maximum absolute atomic E-state index is 8.95. The summed E-state index contributed by atoms with van der Waals surface area (Å²) in [4.78, 5) is 0. The Morgan fingerprint density at radius 1 is 1.53 bits per heavy atom. The van der Waals surface area contributed by atoms with Gasteiger partial charge >= 0.3 is 0 Å². The zero-order valence-electron chi connectivity index (χ0n) is 8.58. The van der Waals surface area contributed by atoms with Crippen LogP contribution in [0.15, 0.2) is 15.0 Å². The normalized spacial score (nSPS) is 19.7. The molecule has 0 aromatic carbocycles. The topological polar surface area (TPSA) is 59.4 Å². The molecule has 1 aromatic heterocycles. The third-order valence-electron chi connectivity index (χ3n) is 3.02. The standard InChI is InChI=1S/C11H16BrNO2/c12-8-5-10(9(13)6-14)15-11(8)7-3-1-2-4-7/h5,7,9,14H,1-4,6,13H2. The first kappa shape index (κ1) is 11.2. The Balaban J connectivity index is 2.20. The van der Waals surface area contributed by atoms with Crippen molar-refractivity contribution in [1.82, 2.24) is 0 Å². The molecule has 1 aliphatic carbocycles. The Hall–Kier alpha value is -0.320. The van der Waals surface area contributed by atoms with E-state index in [9.17, 15) is 0 Å². The Labute approximate surface area is 97.8 Å². The maximum Gasteiger partial charge on any atom is 0.124 e. The number of furan rings is 1. The first-order chi connectivity index (χ1) is 7.22. The first-order valence-electron chi connectivity index (χ1n) is 5.38. The number of halogens is 1. The van der Waals surface area contributed by atoms with Crippen LogP contribution in [0.4, 0.5) is 0 Å². The summed E-state index contributed by atoms with van der Waals surface area (Å²) in [5.74, 6) is 2.21. The van der Waals surface area contributed by atoms with E-state index in [1.54, 1.807) is 0 Å². The van der Waals surface area contributed by atoms with Crippen molar-refractivity contribution in [3.05, 3.63) is 22.1 Å². The molecular weight excluding hydrogens is 258 g/mol. The summed E-state index contributed by atoms with van der Waals surface area (Å²) in [6, 6.07) is 1.48. The Morgan fingerprint density at radius 2 is 2.20 bits per heavy atom. The summed E-state index contributed by atoms with van der Waals surface area (Å²) < 4.78 is 6.71. The fourth-order valence-electron chi connectivity index (χ4n) is 2.14. The van der Waals surface area contributed by atoms with E-state index in [0.717, 1.165) is 10.2 Å². The van der Waals surface area contributed by atoms with E-state index in [0.29, 0.717) is 11.7 Å². The molecule has 4 heteroatoms. The molecule has 1 unspecified atom stereocenters. The van der Waals surface area contributed by atoms with Gasteiger partial charge in [0.05, 0.1) is 17.1 Å². The van der Waals surface area contributed by atoms with E-state index in [1.165, 1.54) is 25.7 Å². The van der Waals surface area contributed by atoms with Gasteiger partial charge in [-0.1, -0.05) is 12.8 Å². The summed E-state index contributed by atoms with van der Waals surface area (Å²) in [6.45, 7) is -0.0793. The number of nitrogens with two attached hydrogens (primary N) is 1. The summed E-state index contributed by atoms with van der Waals surface area (Å²) >= 11 is 3.49. The van der Waals surface area contributed by atoms with Gasteiger partial charge in [0, 0.05) is 5.92 Å². The van der Waals surface area contributed by atoms with Gasteiger partial charge in [0.25, 0.3) is 0 Å². The van der Waals surface area contributed by atoms with Crippen molar-refractivity contribution in [1.29, 1.82) is 0 Å². The molecule has 1 aliphatic rings. The molecule has 3 N–H and O–H groups in total. The molecule has 0 bridgehead atoms. The quantitative estimate of drug-likeness (QED) is 0.890. The van der Waals surface area contributed by atoms with E-state index in [2.05, 4.69) is 15.9 Å². The lowest BCUT2D eigenvalue weighted by molar-refractivity contribution is 0.248. The van der Waals surface area contributed by atoms with Crippen LogP contribution in [0.5, 0.6) is 0 Å². The number of hydrogen-bond donors (Lipinski definition) is 2. The summed E-state index contributed by atoms with van der Waals surface area (Å²) in [6.07, 6.45) is 4.94. The van der Waals surface area contributed by atoms with Gasteiger partial charge < -0.3 is 15.3 Å². The summed E-state index contributed by atoms with van der Waals surface area (Å²) in [5, 5.41) is 8.95. The van der Waals surface area contributed by atoms with Crippen LogP contribution in [-0.4, -0.2) is 11.7 Å². The second-order valence-corrected chi connectivity index (χ2v) is 4.99. The zero-order valence-corrected chi connectivity index (χ0v) is 10.2. The van der Waals surface area contributed by atoms with Gasteiger partial charge in [-0.05, 0) is 34.8 Å². The van der Waals surface area contributed by atoms with Crippen LogP contribution < -0.4 is 5.73 Å². The molecule has 1 heterocycles. The van der Waals surface area contributed by atoms with Crippen LogP contribution in [0, 0.1) is 0 Å². The molecular formula is C11H16BrNO2. The highest BCUT2D eigenvalue weighted by molar-refractivity contribution is 9.10. The lowest BCUT2D eigenvalue weighted by atomic mass is 10.1. The molecule has 84 valence electrons. The third kappa shape index (κ3) is 2.27. The van der Waals surface area contributed by atoms with Crippen LogP contribution in [0.25, 0.3) is 0 Å². The summed E-state index contributed by atoms with van der Waals surface area (Å²) in [5.41, 5.74) is 5.71. The number of rotatable bonds is 3. The smallest absolute Gasteiger partial charge is 0.124 e. The lowest BCUT2D eigenvalue weighted by Crippen LogP contribution is -2.13. The molecule has 3 nitrogen and oxygen atoms in total. The van der Waals surface area contributed by atoms with E-state index in [1.807, 2.05) is 6.07 Å². The third-order valence-corrected chi connectivity index (χ3v) is 3.64. The molecule has 0 radical (unpaired) electrons. The Morgan fingerprint density at radius 3 is 2.80 bits per heavy atom. The van der Waals surface area contributed by atoms with Crippen molar-refractivity contribution in [3.63, 3.8) is 0 Å². The fourth-order valence-corrected chi connectivity index (χ4v) is 2.77. The van der Waals surface area contributed by atoms with E-state index < -0.39 is 6.04 Å². The minimum Gasteiger partial charge on any atom is -0.463 e. The van der Waals surface area contributed by atoms with Gasteiger partial charge in [-0.25, -0.2) is 0 Å².